The lowest BCUT2D eigenvalue weighted by Crippen LogP contribution is -2.48. The number of carbonyl (C=O) groups excluding carboxylic acids is 1. The molecule has 2 aromatic carbocycles. The van der Waals surface area contributed by atoms with E-state index in [1.54, 1.807) is 42.1 Å². The number of piperidine rings is 1. The molecular formula is C21H24N2O3S2. The van der Waals surface area contributed by atoms with Crippen molar-refractivity contribution in [1.82, 2.24) is 9.62 Å². The maximum atomic E-state index is 12.9. The smallest absolute Gasteiger partial charge is 0.240 e. The minimum absolute atomic E-state index is 0.0608. The summed E-state index contributed by atoms with van der Waals surface area (Å²) in [6, 6.07) is 14.7. The summed E-state index contributed by atoms with van der Waals surface area (Å²) in [6.07, 6.45) is 2.06. The summed E-state index contributed by atoms with van der Waals surface area (Å²) in [6.45, 7) is 3.25. The van der Waals surface area contributed by atoms with Crippen molar-refractivity contribution in [3.8, 4) is 0 Å². The maximum Gasteiger partial charge on any atom is 0.240 e. The normalized spacial score (nSPS) is 20.2. The fraction of sp³-hybridized carbons (Fsp3) is 0.381. The first-order valence-electron chi connectivity index (χ1n) is 9.55. The van der Waals surface area contributed by atoms with Crippen LogP contribution in [0.2, 0.25) is 0 Å². The standard InChI is InChI=1S/C21H24N2O3S2/c1-15-7-8-16-14-20(27-19(16)13-15)21(24)23-11-9-17(10-12-23)22-28(25,26)18-5-3-2-4-6-18/h2-8,13,17,20,22H,9-12,14H2,1H3/t20-/m1/s1. The molecule has 4 rings (SSSR count). The first kappa shape index (κ1) is 19.5. The van der Waals surface area contributed by atoms with Gasteiger partial charge in [0.15, 0.2) is 0 Å². The van der Waals surface area contributed by atoms with E-state index in [0.29, 0.717) is 25.9 Å². The topological polar surface area (TPSA) is 66.5 Å². The molecule has 1 atom stereocenters. The van der Waals surface area contributed by atoms with Gasteiger partial charge in [-0.2, -0.15) is 0 Å². The van der Waals surface area contributed by atoms with Gasteiger partial charge in [-0.05, 0) is 49.9 Å². The maximum absolute atomic E-state index is 12.9. The first-order chi connectivity index (χ1) is 13.4. The highest BCUT2D eigenvalue weighted by atomic mass is 32.2. The number of nitrogens with zero attached hydrogens (tertiary/aromatic N) is 1. The number of hydrogen-bond acceptors (Lipinski definition) is 4. The Morgan fingerprint density at radius 3 is 2.54 bits per heavy atom. The average molecular weight is 417 g/mol. The van der Waals surface area contributed by atoms with E-state index < -0.39 is 10.0 Å². The summed E-state index contributed by atoms with van der Waals surface area (Å²) < 4.78 is 27.8. The van der Waals surface area contributed by atoms with E-state index in [0.717, 1.165) is 6.42 Å². The van der Waals surface area contributed by atoms with Gasteiger partial charge >= 0.3 is 0 Å². The summed E-state index contributed by atoms with van der Waals surface area (Å²) >= 11 is 1.66. The number of benzene rings is 2. The Kier molecular flexibility index (Phi) is 5.49. The van der Waals surface area contributed by atoms with Gasteiger partial charge in [0.1, 0.15) is 0 Å². The molecule has 2 aromatic rings. The van der Waals surface area contributed by atoms with Crippen LogP contribution in [0.15, 0.2) is 58.3 Å². The molecule has 1 saturated heterocycles. The monoisotopic (exact) mass is 416 g/mol. The molecule has 7 heteroatoms. The van der Waals surface area contributed by atoms with Gasteiger partial charge in [-0.3, -0.25) is 4.79 Å². The van der Waals surface area contributed by atoms with Crippen molar-refractivity contribution in [2.24, 2.45) is 0 Å². The molecule has 0 radical (unpaired) electrons. The second-order valence-corrected chi connectivity index (χ2v) is 10.4. The van der Waals surface area contributed by atoms with Crippen LogP contribution < -0.4 is 4.72 Å². The summed E-state index contributed by atoms with van der Waals surface area (Å²) in [5.41, 5.74) is 2.46. The van der Waals surface area contributed by atoms with E-state index in [2.05, 4.69) is 29.8 Å². The molecule has 2 aliphatic heterocycles. The third kappa shape index (κ3) is 4.11. The van der Waals surface area contributed by atoms with Crippen LogP contribution in [0.4, 0.5) is 0 Å². The molecule has 0 saturated carbocycles. The zero-order valence-electron chi connectivity index (χ0n) is 15.8. The number of sulfonamides is 1. The molecule has 1 amide bonds. The summed E-state index contributed by atoms with van der Waals surface area (Å²) in [4.78, 5) is 16.3. The van der Waals surface area contributed by atoms with Crippen LogP contribution in [-0.2, 0) is 21.2 Å². The minimum atomic E-state index is -3.51. The Hall–Kier alpha value is -1.83. The molecule has 2 heterocycles. The average Bonchev–Trinajstić information content (AvgIpc) is 3.11. The number of thioether (sulfide) groups is 1. The van der Waals surface area contributed by atoms with E-state index in [-0.39, 0.29) is 22.1 Å². The number of aryl methyl sites for hydroxylation is 1. The van der Waals surface area contributed by atoms with Crippen LogP contribution in [0.1, 0.15) is 24.0 Å². The zero-order valence-corrected chi connectivity index (χ0v) is 17.4. The van der Waals surface area contributed by atoms with Crippen molar-refractivity contribution in [3.05, 3.63) is 59.7 Å². The van der Waals surface area contributed by atoms with Crippen LogP contribution in [0.25, 0.3) is 0 Å². The number of fused-ring (bicyclic) bond motifs is 1. The molecule has 0 aliphatic carbocycles. The van der Waals surface area contributed by atoms with Gasteiger partial charge < -0.3 is 4.90 Å². The molecule has 28 heavy (non-hydrogen) atoms. The SMILES string of the molecule is Cc1ccc2c(c1)S[C@@H](C(=O)N1CCC(NS(=O)(=O)c3ccccc3)CC1)C2. The van der Waals surface area contributed by atoms with Gasteiger partial charge in [0.25, 0.3) is 0 Å². The van der Waals surface area contributed by atoms with Crippen LogP contribution >= 0.6 is 11.8 Å². The second kappa shape index (κ2) is 7.89. The highest BCUT2D eigenvalue weighted by molar-refractivity contribution is 8.01. The van der Waals surface area contributed by atoms with Gasteiger partial charge in [-0.15, -0.1) is 11.8 Å². The summed E-state index contributed by atoms with van der Waals surface area (Å²) in [5, 5.41) is -0.0608. The molecule has 0 spiro atoms. The van der Waals surface area contributed by atoms with Gasteiger partial charge in [0.2, 0.25) is 15.9 Å². The molecular weight excluding hydrogens is 392 g/mol. The predicted octanol–water partition coefficient (Wildman–Crippen LogP) is 2.98. The second-order valence-electron chi connectivity index (χ2n) is 7.46. The highest BCUT2D eigenvalue weighted by Crippen LogP contribution is 2.38. The Balaban J connectivity index is 1.33. The van der Waals surface area contributed by atoms with Gasteiger partial charge in [0.05, 0.1) is 10.1 Å². The fourth-order valence-electron chi connectivity index (χ4n) is 3.78. The molecule has 0 bridgehead atoms. The largest absolute Gasteiger partial charge is 0.342 e. The third-order valence-electron chi connectivity index (χ3n) is 5.35. The van der Waals surface area contributed by atoms with E-state index >= 15 is 0 Å². The molecule has 148 valence electrons. The molecule has 5 nitrogen and oxygen atoms in total. The van der Waals surface area contributed by atoms with Crippen molar-refractivity contribution < 1.29 is 13.2 Å². The summed E-state index contributed by atoms with van der Waals surface area (Å²) in [7, 11) is -3.51. The Morgan fingerprint density at radius 2 is 1.82 bits per heavy atom. The van der Waals surface area contributed by atoms with Crippen LogP contribution in [-0.4, -0.2) is 43.6 Å². The Morgan fingerprint density at radius 1 is 1.11 bits per heavy atom. The van der Waals surface area contributed by atoms with Crippen LogP contribution in [0.5, 0.6) is 0 Å². The van der Waals surface area contributed by atoms with Crippen LogP contribution in [0.3, 0.4) is 0 Å². The first-order valence-corrected chi connectivity index (χ1v) is 11.9. The van der Waals surface area contributed by atoms with Gasteiger partial charge in [0, 0.05) is 24.0 Å². The van der Waals surface area contributed by atoms with Crippen molar-refractivity contribution >= 4 is 27.7 Å². The number of carbonyl (C=O) groups is 1. The number of likely N-dealkylation sites (tertiary alicyclic amines) is 1. The van der Waals surface area contributed by atoms with Gasteiger partial charge in [-0.25, -0.2) is 13.1 Å². The quantitative estimate of drug-likeness (QED) is 0.832. The zero-order chi connectivity index (χ0) is 19.7. The molecule has 0 aromatic heterocycles. The molecule has 2 aliphatic rings. The van der Waals surface area contributed by atoms with Crippen molar-refractivity contribution in [3.63, 3.8) is 0 Å². The van der Waals surface area contributed by atoms with E-state index in [4.69, 9.17) is 0 Å². The number of hydrogen-bond donors (Lipinski definition) is 1. The highest BCUT2D eigenvalue weighted by Gasteiger charge is 2.34. The molecule has 0 unspecified atom stereocenters. The van der Waals surface area contributed by atoms with Crippen molar-refractivity contribution in [1.29, 1.82) is 0 Å². The predicted molar refractivity (Wildman–Crippen MR) is 111 cm³/mol. The summed E-state index contributed by atoms with van der Waals surface area (Å²) in [5.74, 6) is 0.170. The minimum Gasteiger partial charge on any atom is -0.342 e. The Labute approximate surface area is 170 Å². The molecule has 1 N–H and O–H groups in total. The third-order valence-corrected chi connectivity index (χ3v) is 8.18. The molecule has 1 fully saturated rings. The van der Waals surface area contributed by atoms with Crippen molar-refractivity contribution in [2.75, 3.05) is 13.1 Å². The number of rotatable bonds is 4. The number of nitrogens with one attached hydrogen (secondary N) is 1. The van der Waals surface area contributed by atoms with E-state index in [1.165, 1.54) is 16.0 Å². The fourth-order valence-corrected chi connectivity index (χ4v) is 6.48. The van der Waals surface area contributed by atoms with Crippen molar-refractivity contribution in [2.45, 2.75) is 47.3 Å². The Bertz CT molecular complexity index is 968. The van der Waals surface area contributed by atoms with Crippen LogP contribution in [0, 0.1) is 6.92 Å². The van der Waals surface area contributed by atoms with Gasteiger partial charge in [-0.1, -0.05) is 35.9 Å². The van der Waals surface area contributed by atoms with E-state index in [1.807, 2.05) is 4.90 Å². The number of amides is 1. The lowest BCUT2D eigenvalue weighted by Gasteiger charge is -2.33. The lowest BCUT2D eigenvalue weighted by molar-refractivity contribution is -0.131. The van der Waals surface area contributed by atoms with E-state index in [9.17, 15) is 13.2 Å². The lowest BCUT2D eigenvalue weighted by atomic mass is 10.0.